The molecular weight excluding hydrogens is 386 g/mol. The van der Waals surface area contributed by atoms with Crippen molar-refractivity contribution in [1.29, 1.82) is 0 Å². The summed E-state index contributed by atoms with van der Waals surface area (Å²) in [5.41, 5.74) is 4.51. The zero-order valence-electron chi connectivity index (χ0n) is 17.8. The van der Waals surface area contributed by atoms with Crippen LogP contribution in [0.4, 0.5) is 5.69 Å². The van der Waals surface area contributed by atoms with Crippen molar-refractivity contribution in [3.8, 4) is 0 Å². The van der Waals surface area contributed by atoms with Gasteiger partial charge in [0, 0.05) is 22.4 Å². The summed E-state index contributed by atoms with van der Waals surface area (Å²) in [5.74, 6) is 0.00316. The fourth-order valence-electron chi connectivity index (χ4n) is 4.05. The molecular formula is C26H31N3O2+2. The fraction of sp³-hybridized carbons (Fsp3) is 0.269. The maximum absolute atomic E-state index is 12.6. The van der Waals surface area contributed by atoms with Gasteiger partial charge >= 0.3 is 0 Å². The Bertz CT molecular complexity index is 900. The van der Waals surface area contributed by atoms with E-state index in [1.807, 2.05) is 48.5 Å². The third-order valence-electron chi connectivity index (χ3n) is 5.75. The van der Waals surface area contributed by atoms with Gasteiger partial charge in [0.1, 0.15) is 25.7 Å². The van der Waals surface area contributed by atoms with Gasteiger partial charge in [-0.2, -0.15) is 0 Å². The van der Waals surface area contributed by atoms with E-state index in [-0.39, 0.29) is 11.9 Å². The number of carbonyl (C=O) groups is 1. The third kappa shape index (κ3) is 6.25. The number of nitrogens with one attached hydrogen (secondary N) is 2. The number of carbonyl (C=O) groups excluding carboxylic acids is 1. The molecule has 3 aromatic rings. The number of benzene rings is 3. The molecule has 1 aliphatic heterocycles. The molecule has 1 amide bonds. The van der Waals surface area contributed by atoms with E-state index in [4.69, 9.17) is 4.74 Å². The highest BCUT2D eigenvalue weighted by atomic mass is 16.5. The molecule has 5 heteroatoms. The van der Waals surface area contributed by atoms with E-state index in [1.165, 1.54) is 16.7 Å². The Morgan fingerprint density at radius 1 is 0.871 bits per heavy atom. The largest absolute Gasteiger partial charge is 0.370 e. The minimum atomic E-state index is 0.00316. The van der Waals surface area contributed by atoms with Gasteiger partial charge in [0.2, 0.25) is 0 Å². The summed E-state index contributed by atoms with van der Waals surface area (Å²) in [5, 5.41) is 5.13. The number of nitrogens with two attached hydrogens (primary N) is 1. The Kier molecular flexibility index (Phi) is 7.45. The highest BCUT2D eigenvalue weighted by molar-refractivity contribution is 5.91. The lowest BCUT2D eigenvalue weighted by molar-refractivity contribution is -0.921. The molecule has 1 aliphatic rings. The van der Waals surface area contributed by atoms with E-state index >= 15 is 0 Å². The zero-order valence-corrected chi connectivity index (χ0v) is 17.8. The molecule has 4 rings (SSSR count). The van der Waals surface area contributed by atoms with E-state index in [0.29, 0.717) is 6.54 Å². The van der Waals surface area contributed by atoms with E-state index in [1.54, 1.807) is 4.90 Å². The maximum Gasteiger partial charge on any atom is 0.279 e. The highest BCUT2D eigenvalue weighted by Gasteiger charge is 2.19. The Labute approximate surface area is 184 Å². The van der Waals surface area contributed by atoms with E-state index in [9.17, 15) is 4.79 Å². The zero-order chi connectivity index (χ0) is 21.3. The summed E-state index contributed by atoms with van der Waals surface area (Å²) >= 11 is 0. The van der Waals surface area contributed by atoms with Gasteiger partial charge in [0.05, 0.1) is 13.2 Å². The molecule has 4 N–H and O–H groups in total. The van der Waals surface area contributed by atoms with Crippen molar-refractivity contribution in [2.45, 2.75) is 12.6 Å². The van der Waals surface area contributed by atoms with Gasteiger partial charge in [-0.05, 0) is 12.1 Å². The number of ether oxygens (including phenoxy) is 1. The van der Waals surface area contributed by atoms with Crippen molar-refractivity contribution in [1.82, 2.24) is 0 Å². The van der Waals surface area contributed by atoms with Crippen molar-refractivity contribution in [2.24, 2.45) is 0 Å². The number of hydrogen-bond acceptors (Lipinski definition) is 2. The molecule has 0 aliphatic carbocycles. The monoisotopic (exact) mass is 417 g/mol. The van der Waals surface area contributed by atoms with Crippen LogP contribution in [0.3, 0.4) is 0 Å². The van der Waals surface area contributed by atoms with E-state index in [0.717, 1.165) is 38.5 Å². The van der Waals surface area contributed by atoms with E-state index in [2.05, 4.69) is 47.0 Å². The summed E-state index contributed by atoms with van der Waals surface area (Å²) in [6.45, 7) is 5.14. The normalized spacial score (nSPS) is 14.5. The molecule has 5 nitrogen and oxygen atoms in total. The molecule has 0 aromatic heterocycles. The standard InChI is InChI=1S/C26H29N3O2/c30-25(28-24-13-11-21(12-14-24)20-29-15-17-31-18-16-29)19-27-26(22-7-3-1-4-8-22)23-9-5-2-6-10-23/h1-14,26-27H,15-20H2,(H,28,30)/p+2. The molecule has 0 atom stereocenters. The van der Waals surface area contributed by atoms with Crippen LogP contribution in [0.2, 0.25) is 0 Å². The van der Waals surface area contributed by atoms with Gasteiger partial charge < -0.3 is 20.3 Å². The molecule has 160 valence electrons. The smallest absolute Gasteiger partial charge is 0.279 e. The highest BCUT2D eigenvalue weighted by Crippen LogP contribution is 2.17. The van der Waals surface area contributed by atoms with Crippen LogP contribution in [0, 0.1) is 0 Å². The molecule has 0 spiro atoms. The minimum absolute atomic E-state index is 0.00316. The summed E-state index contributed by atoms with van der Waals surface area (Å²) < 4.78 is 5.43. The second-order valence-electron chi connectivity index (χ2n) is 8.02. The first-order chi connectivity index (χ1) is 15.3. The quantitative estimate of drug-likeness (QED) is 0.519. The number of amides is 1. The Balaban J connectivity index is 1.33. The second kappa shape index (κ2) is 10.9. The molecule has 0 unspecified atom stereocenters. The lowest BCUT2D eigenvalue weighted by atomic mass is 9.99. The van der Waals surface area contributed by atoms with Crippen molar-refractivity contribution in [3.63, 3.8) is 0 Å². The van der Waals surface area contributed by atoms with Crippen LogP contribution in [-0.4, -0.2) is 38.8 Å². The van der Waals surface area contributed by atoms with Crippen LogP contribution in [0.15, 0.2) is 84.9 Å². The molecule has 0 saturated carbocycles. The predicted octanol–water partition coefficient (Wildman–Crippen LogP) is 1.39. The summed E-state index contributed by atoms with van der Waals surface area (Å²) in [6, 6.07) is 29.0. The van der Waals surface area contributed by atoms with Crippen LogP contribution in [0.5, 0.6) is 0 Å². The van der Waals surface area contributed by atoms with Gasteiger partial charge in [-0.3, -0.25) is 4.79 Å². The van der Waals surface area contributed by atoms with Gasteiger partial charge in [0.25, 0.3) is 5.91 Å². The summed E-state index contributed by atoms with van der Waals surface area (Å²) in [6.07, 6.45) is 0. The minimum Gasteiger partial charge on any atom is -0.370 e. The van der Waals surface area contributed by atoms with Crippen molar-refractivity contribution < 1.29 is 19.7 Å². The lowest BCUT2D eigenvalue weighted by Gasteiger charge is -2.23. The Morgan fingerprint density at radius 3 is 2.03 bits per heavy atom. The Morgan fingerprint density at radius 2 is 1.45 bits per heavy atom. The molecule has 0 bridgehead atoms. The van der Waals surface area contributed by atoms with Gasteiger partial charge in [-0.25, -0.2) is 0 Å². The average Bonchev–Trinajstić information content (AvgIpc) is 2.83. The first kappa shape index (κ1) is 21.2. The third-order valence-corrected chi connectivity index (χ3v) is 5.75. The molecule has 31 heavy (non-hydrogen) atoms. The van der Waals surface area contributed by atoms with Crippen molar-refractivity contribution in [3.05, 3.63) is 102 Å². The number of quaternary nitrogens is 2. The van der Waals surface area contributed by atoms with Crippen LogP contribution in [0.25, 0.3) is 0 Å². The van der Waals surface area contributed by atoms with Crippen molar-refractivity contribution in [2.75, 3.05) is 38.2 Å². The average molecular weight is 418 g/mol. The summed E-state index contributed by atoms with van der Waals surface area (Å²) in [4.78, 5) is 14.2. The predicted molar refractivity (Wildman–Crippen MR) is 122 cm³/mol. The summed E-state index contributed by atoms with van der Waals surface area (Å²) in [7, 11) is 0. The van der Waals surface area contributed by atoms with E-state index < -0.39 is 0 Å². The van der Waals surface area contributed by atoms with Crippen LogP contribution in [-0.2, 0) is 16.1 Å². The molecule has 1 fully saturated rings. The topological polar surface area (TPSA) is 59.4 Å². The molecule has 1 heterocycles. The van der Waals surface area contributed by atoms with Gasteiger partial charge in [-0.1, -0.05) is 72.8 Å². The fourth-order valence-corrected chi connectivity index (χ4v) is 4.05. The number of anilines is 1. The van der Waals surface area contributed by atoms with Crippen LogP contribution < -0.4 is 15.5 Å². The van der Waals surface area contributed by atoms with Crippen LogP contribution >= 0.6 is 0 Å². The molecule has 1 saturated heterocycles. The number of hydrogen-bond donors (Lipinski definition) is 3. The second-order valence-corrected chi connectivity index (χ2v) is 8.02. The molecule has 0 radical (unpaired) electrons. The Hall–Kier alpha value is -2.99. The number of morpholine rings is 1. The first-order valence-corrected chi connectivity index (χ1v) is 11.0. The number of rotatable bonds is 8. The van der Waals surface area contributed by atoms with Crippen LogP contribution in [0.1, 0.15) is 22.7 Å². The molecule has 3 aromatic carbocycles. The maximum atomic E-state index is 12.6. The van der Waals surface area contributed by atoms with Crippen molar-refractivity contribution >= 4 is 11.6 Å². The SMILES string of the molecule is O=C(C[NH2+]C(c1ccccc1)c1ccccc1)Nc1ccc(C[NH+]2CCOCC2)cc1. The first-order valence-electron chi connectivity index (χ1n) is 11.0. The van der Waals surface area contributed by atoms with Gasteiger partial charge in [0.15, 0.2) is 6.54 Å². The van der Waals surface area contributed by atoms with Gasteiger partial charge in [-0.15, -0.1) is 0 Å². The lowest BCUT2D eigenvalue weighted by Crippen LogP contribution is -3.12.